The number of nitrogens with zero attached hydrogens (tertiary/aromatic N) is 3. The summed E-state index contributed by atoms with van der Waals surface area (Å²) in [4.78, 5) is 12.0. The number of urea groups is 1. The summed E-state index contributed by atoms with van der Waals surface area (Å²) >= 11 is 0. The van der Waals surface area contributed by atoms with Gasteiger partial charge in [0.05, 0.1) is 6.26 Å². The zero-order valence-corrected chi connectivity index (χ0v) is 12.5. The number of amides is 2. The first-order valence-electron chi connectivity index (χ1n) is 7.22. The summed E-state index contributed by atoms with van der Waals surface area (Å²) in [6.07, 6.45) is 2.82. The molecule has 0 aliphatic heterocycles. The van der Waals surface area contributed by atoms with Crippen molar-refractivity contribution in [1.29, 1.82) is 0 Å². The van der Waals surface area contributed by atoms with Crippen molar-refractivity contribution >= 4 is 17.6 Å². The lowest BCUT2D eigenvalue weighted by atomic mass is 10.1. The van der Waals surface area contributed by atoms with E-state index in [1.807, 2.05) is 12.1 Å². The highest BCUT2D eigenvalue weighted by atomic mass is 16.4. The molecule has 0 aromatic carbocycles. The van der Waals surface area contributed by atoms with E-state index in [1.165, 1.54) is 6.26 Å². The van der Waals surface area contributed by atoms with Crippen LogP contribution in [-0.4, -0.2) is 31.8 Å². The second kappa shape index (κ2) is 6.49. The highest BCUT2D eigenvalue weighted by Gasteiger charge is 2.17. The van der Waals surface area contributed by atoms with E-state index < -0.39 is 12.1 Å². The number of carbonyl (C=O) groups excluding carboxylic acids is 1. The maximum atomic E-state index is 12.0. The van der Waals surface area contributed by atoms with Gasteiger partial charge in [-0.05, 0) is 31.2 Å². The van der Waals surface area contributed by atoms with E-state index in [0.717, 1.165) is 0 Å². The van der Waals surface area contributed by atoms with E-state index in [1.54, 1.807) is 35.7 Å². The fraction of sp³-hybridized carbons (Fsp3) is 0.267. The topological polar surface area (TPSA) is 105 Å². The highest BCUT2D eigenvalue weighted by Crippen LogP contribution is 2.18. The maximum Gasteiger partial charge on any atom is 0.321 e. The molecular formula is C15H17N5O3. The molecule has 2 amide bonds. The fourth-order valence-corrected chi connectivity index (χ4v) is 2.28. The van der Waals surface area contributed by atoms with Crippen molar-refractivity contribution in [3.8, 4) is 0 Å². The van der Waals surface area contributed by atoms with Gasteiger partial charge in [0.1, 0.15) is 11.9 Å². The van der Waals surface area contributed by atoms with Crippen molar-refractivity contribution in [2.45, 2.75) is 25.5 Å². The average Bonchev–Trinajstić information content (AvgIpc) is 3.17. The summed E-state index contributed by atoms with van der Waals surface area (Å²) in [5.74, 6) is 0.805. The van der Waals surface area contributed by atoms with Gasteiger partial charge in [-0.1, -0.05) is 6.07 Å². The number of fused-ring (bicyclic) bond motifs is 1. The molecule has 0 spiro atoms. The molecule has 3 N–H and O–H groups in total. The number of pyridine rings is 1. The van der Waals surface area contributed by atoms with E-state index >= 15 is 0 Å². The van der Waals surface area contributed by atoms with Crippen LogP contribution in [0.3, 0.4) is 0 Å². The summed E-state index contributed by atoms with van der Waals surface area (Å²) < 4.78 is 6.80. The van der Waals surface area contributed by atoms with Crippen LogP contribution in [0.4, 0.5) is 10.7 Å². The molecule has 2 atom stereocenters. The molecule has 0 bridgehead atoms. The SMILES string of the molecule is C[C@@H](C[C@@H](O)c1ccco1)NC(=O)Nc1nnc2ccccn12. The Hall–Kier alpha value is -2.87. The molecule has 0 radical (unpaired) electrons. The predicted octanol–water partition coefficient (Wildman–Crippen LogP) is 1.96. The number of aliphatic hydroxyl groups is 1. The number of aliphatic hydroxyl groups excluding tert-OH is 1. The monoisotopic (exact) mass is 315 g/mol. The van der Waals surface area contributed by atoms with Gasteiger partial charge in [0.25, 0.3) is 0 Å². The van der Waals surface area contributed by atoms with Crippen LogP contribution in [0.5, 0.6) is 0 Å². The molecule has 0 aliphatic carbocycles. The third-order valence-electron chi connectivity index (χ3n) is 3.36. The molecule has 120 valence electrons. The van der Waals surface area contributed by atoms with Gasteiger partial charge in [0.15, 0.2) is 5.65 Å². The van der Waals surface area contributed by atoms with Crippen LogP contribution in [0.2, 0.25) is 0 Å². The van der Waals surface area contributed by atoms with E-state index in [2.05, 4.69) is 20.8 Å². The number of hydrogen-bond donors (Lipinski definition) is 3. The first-order chi connectivity index (χ1) is 11.1. The van der Waals surface area contributed by atoms with Gasteiger partial charge in [0.2, 0.25) is 5.95 Å². The highest BCUT2D eigenvalue weighted by molar-refractivity contribution is 5.87. The smallest absolute Gasteiger partial charge is 0.321 e. The Morgan fingerprint density at radius 2 is 2.22 bits per heavy atom. The van der Waals surface area contributed by atoms with Crippen molar-refractivity contribution in [3.05, 3.63) is 48.6 Å². The third kappa shape index (κ3) is 3.49. The Kier molecular flexibility index (Phi) is 4.24. The van der Waals surface area contributed by atoms with Gasteiger partial charge < -0.3 is 14.8 Å². The molecule has 3 rings (SSSR count). The van der Waals surface area contributed by atoms with Crippen molar-refractivity contribution in [2.24, 2.45) is 0 Å². The van der Waals surface area contributed by atoms with Crippen LogP contribution in [0.25, 0.3) is 5.65 Å². The van der Waals surface area contributed by atoms with Gasteiger partial charge in [-0.25, -0.2) is 4.79 Å². The van der Waals surface area contributed by atoms with E-state index in [-0.39, 0.29) is 6.04 Å². The molecule has 0 aliphatic rings. The van der Waals surface area contributed by atoms with Crippen LogP contribution in [0.15, 0.2) is 47.2 Å². The number of rotatable bonds is 5. The predicted molar refractivity (Wildman–Crippen MR) is 82.9 cm³/mol. The number of anilines is 1. The van der Waals surface area contributed by atoms with Crippen molar-refractivity contribution in [1.82, 2.24) is 19.9 Å². The van der Waals surface area contributed by atoms with Gasteiger partial charge >= 0.3 is 6.03 Å². The molecule has 3 aromatic rings. The Balaban J connectivity index is 1.56. The fourth-order valence-electron chi connectivity index (χ4n) is 2.28. The molecule has 0 fully saturated rings. The van der Waals surface area contributed by atoms with Gasteiger partial charge in [-0.2, -0.15) is 0 Å². The lowest BCUT2D eigenvalue weighted by Crippen LogP contribution is -2.37. The van der Waals surface area contributed by atoms with Crippen molar-refractivity contribution in [2.75, 3.05) is 5.32 Å². The Bertz CT molecular complexity index is 783. The van der Waals surface area contributed by atoms with Crippen LogP contribution >= 0.6 is 0 Å². The number of aromatic nitrogens is 3. The van der Waals surface area contributed by atoms with Gasteiger partial charge in [-0.3, -0.25) is 9.72 Å². The minimum Gasteiger partial charge on any atom is -0.467 e. The molecule has 0 unspecified atom stereocenters. The van der Waals surface area contributed by atoms with Gasteiger partial charge in [0, 0.05) is 18.7 Å². The maximum absolute atomic E-state index is 12.0. The zero-order chi connectivity index (χ0) is 16.2. The van der Waals surface area contributed by atoms with Crippen molar-refractivity contribution < 1.29 is 14.3 Å². The normalized spacial score (nSPS) is 13.7. The first kappa shape index (κ1) is 15.0. The number of furan rings is 1. The Morgan fingerprint density at radius 3 is 3.00 bits per heavy atom. The Morgan fingerprint density at radius 1 is 1.35 bits per heavy atom. The van der Waals surface area contributed by atoms with Crippen LogP contribution in [0, 0.1) is 0 Å². The number of carbonyl (C=O) groups is 1. The average molecular weight is 315 g/mol. The number of nitrogens with one attached hydrogen (secondary N) is 2. The Labute approximate surface area is 132 Å². The minimum absolute atomic E-state index is 0.255. The zero-order valence-electron chi connectivity index (χ0n) is 12.5. The van der Waals surface area contributed by atoms with Crippen LogP contribution in [0.1, 0.15) is 25.2 Å². The van der Waals surface area contributed by atoms with E-state index in [9.17, 15) is 9.90 Å². The van der Waals surface area contributed by atoms with E-state index in [4.69, 9.17) is 4.42 Å². The molecule has 0 saturated heterocycles. The largest absolute Gasteiger partial charge is 0.467 e. The second-order valence-electron chi connectivity index (χ2n) is 5.22. The number of hydrogen-bond acceptors (Lipinski definition) is 5. The molecule has 8 heteroatoms. The summed E-state index contributed by atoms with van der Waals surface area (Å²) in [5, 5.41) is 23.3. The molecule has 0 saturated carbocycles. The third-order valence-corrected chi connectivity index (χ3v) is 3.36. The summed E-state index contributed by atoms with van der Waals surface area (Å²) in [5.41, 5.74) is 0.643. The quantitative estimate of drug-likeness (QED) is 0.667. The van der Waals surface area contributed by atoms with Crippen LogP contribution in [-0.2, 0) is 0 Å². The second-order valence-corrected chi connectivity index (χ2v) is 5.22. The van der Waals surface area contributed by atoms with Gasteiger partial charge in [-0.15, -0.1) is 10.2 Å². The standard InChI is InChI=1S/C15H17N5O3/c1-10(9-11(21)12-5-4-8-23-12)16-15(22)17-14-19-18-13-6-2-3-7-20(13)14/h2-8,10-11,21H,9H2,1H3,(H2,16,17,19,22)/t10-,11+/m0/s1. The molecule has 3 heterocycles. The lowest BCUT2D eigenvalue weighted by molar-refractivity contribution is 0.130. The molecule has 23 heavy (non-hydrogen) atoms. The molecular weight excluding hydrogens is 298 g/mol. The minimum atomic E-state index is -0.769. The summed E-state index contributed by atoms with van der Waals surface area (Å²) in [7, 11) is 0. The molecule has 3 aromatic heterocycles. The molecule has 8 nitrogen and oxygen atoms in total. The lowest BCUT2D eigenvalue weighted by Gasteiger charge is -2.16. The van der Waals surface area contributed by atoms with E-state index in [0.29, 0.717) is 23.8 Å². The van der Waals surface area contributed by atoms with Crippen molar-refractivity contribution in [3.63, 3.8) is 0 Å². The summed E-state index contributed by atoms with van der Waals surface area (Å²) in [6, 6.07) is 8.18. The van der Waals surface area contributed by atoms with Crippen LogP contribution < -0.4 is 10.6 Å². The summed E-state index contributed by atoms with van der Waals surface area (Å²) in [6.45, 7) is 1.80. The first-order valence-corrected chi connectivity index (χ1v) is 7.22.